The van der Waals surface area contributed by atoms with Crippen molar-refractivity contribution in [2.75, 3.05) is 0 Å². The summed E-state index contributed by atoms with van der Waals surface area (Å²) < 4.78 is 42.5. The Morgan fingerprint density at radius 1 is 1.38 bits per heavy atom. The van der Waals surface area contributed by atoms with E-state index in [0.29, 0.717) is 0 Å². The van der Waals surface area contributed by atoms with Crippen LogP contribution in [-0.4, -0.2) is 12.1 Å². The number of halogens is 4. The van der Waals surface area contributed by atoms with E-state index in [9.17, 15) is 18.0 Å². The predicted molar refractivity (Wildman–Crippen MR) is 54.7 cm³/mol. The van der Waals surface area contributed by atoms with Gasteiger partial charge in [0.2, 0.25) is 6.10 Å². The van der Waals surface area contributed by atoms with Crippen LogP contribution in [0.4, 0.5) is 13.2 Å². The smallest absolute Gasteiger partial charge is 0.429 e. The van der Waals surface area contributed by atoms with Crippen LogP contribution in [0.15, 0.2) is 28.7 Å². The van der Waals surface area contributed by atoms with Gasteiger partial charge in [-0.3, -0.25) is 4.79 Å². The molecular weight excluding hydrogens is 289 g/mol. The number of esters is 1. The summed E-state index contributed by atoms with van der Waals surface area (Å²) in [5.74, 6) is -0.974. The average Bonchev–Trinajstić information content (AvgIpc) is 2.13. The molecule has 0 bridgehead atoms. The number of carbonyl (C=O) groups excluding carboxylic acids is 1. The molecule has 16 heavy (non-hydrogen) atoms. The molecule has 0 aromatic heterocycles. The molecule has 6 heteroatoms. The predicted octanol–water partition coefficient (Wildman–Crippen LogP) is 3.62. The van der Waals surface area contributed by atoms with Gasteiger partial charge in [-0.2, -0.15) is 13.2 Å². The van der Waals surface area contributed by atoms with E-state index in [1.807, 2.05) is 0 Å². The third kappa shape index (κ3) is 3.23. The number of rotatable bonds is 2. The zero-order chi connectivity index (χ0) is 12.3. The first-order chi connectivity index (χ1) is 7.32. The van der Waals surface area contributed by atoms with E-state index < -0.39 is 18.2 Å². The van der Waals surface area contributed by atoms with Crippen LogP contribution in [0.5, 0.6) is 0 Å². The molecule has 0 aliphatic rings. The summed E-state index contributed by atoms with van der Waals surface area (Å²) >= 11 is 2.99. The Kier molecular flexibility index (Phi) is 3.96. The zero-order valence-corrected chi connectivity index (χ0v) is 9.80. The molecule has 0 fully saturated rings. The molecule has 0 N–H and O–H groups in total. The maximum Gasteiger partial charge on any atom is 0.429 e. The van der Waals surface area contributed by atoms with Gasteiger partial charge in [0, 0.05) is 17.0 Å². The van der Waals surface area contributed by atoms with E-state index in [1.165, 1.54) is 18.2 Å². The van der Waals surface area contributed by atoms with Gasteiger partial charge >= 0.3 is 12.1 Å². The summed E-state index contributed by atoms with van der Waals surface area (Å²) in [4.78, 5) is 10.6. The maximum atomic E-state index is 12.6. The van der Waals surface area contributed by atoms with Crippen LogP contribution in [0.25, 0.3) is 0 Å². The van der Waals surface area contributed by atoms with Crippen molar-refractivity contribution in [1.82, 2.24) is 0 Å². The van der Waals surface area contributed by atoms with E-state index in [4.69, 9.17) is 0 Å². The fourth-order valence-corrected chi connectivity index (χ4v) is 1.65. The Balaban J connectivity index is 3.12. The molecule has 1 aromatic carbocycles. The SMILES string of the molecule is CC(=O)O[C@@H](c1ccccc1Br)C(F)(F)F. The van der Waals surface area contributed by atoms with Gasteiger partial charge in [-0.15, -0.1) is 0 Å². The Labute approximate surface area is 98.5 Å². The second kappa shape index (κ2) is 4.86. The molecule has 0 unspecified atom stereocenters. The van der Waals surface area contributed by atoms with Crippen LogP contribution < -0.4 is 0 Å². The number of alkyl halides is 3. The van der Waals surface area contributed by atoms with Gasteiger partial charge < -0.3 is 4.74 Å². The molecule has 0 saturated heterocycles. The summed E-state index contributed by atoms with van der Waals surface area (Å²) in [5.41, 5.74) is -0.120. The molecule has 1 aromatic rings. The molecule has 0 amide bonds. The van der Waals surface area contributed by atoms with Gasteiger partial charge in [0.15, 0.2) is 0 Å². The van der Waals surface area contributed by atoms with Crippen LogP contribution in [0.1, 0.15) is 18.6 Å². The number of hydrogen-bond acceptors (Lipinski definition) is 2. The lowest BCUT2D eigenvalue weighted by atomic mass is 10.1. The molecule has 0 aliphatic heterocycles. The van der Waals surface area contributed by atoms with Crippen molar-refractivity contribution in [2.45, 2.75) is 19.2 Å². The molecule has 88 valence electrons. The number of hydrogen-bond donors (Lipinski definition) is 0. The second-order valence-electron chi connectivity index (χ2n) is 3.05. The Hall–Kier alpha value is -1.04. The van der Waals surface area contributed by atoms with Crippen molar-refractivity contribution < 1.29 is 22.7 Å². The van der Waals surface area contributed by atoms with Crippen LogP contribution in [-0.2, 0) is 9.53 Å². The van der Waals surface area contributed by atoms with Gasteiger partial charge in [-0.1, -0.05) is 34.1 Å². The average molecular weight is 297 g/mol. The van der Waals surface area contributed by atoms with E-state index in [2.05, 4.69) is 20.7 Å². The normalized spacial score (nSPS) is 13.3. The molecular formula is C10H8BrF3O2. The fraction of sp³-hybridized carbons (Fsp3) is 0.300. The van der Waals surface area contributed by atoms with Crippen molar-refractivity contribution in [3.05, 3.63) is 34.3 Å². The van der Waals surface area contributed by atoms with Gasteiger partial charge in [0.1, 0.15) is 0 Å². The lowest BCUT2D eigenvalue weighted by Gasteiger charge is -2.21. The third-order valence-electron chi connectivity index (χ3n) is 1.77. The van der Waals surface area contributed by atoms with Gasteiger partial charge in [0.05, 0.1) is 0 Å². The fourth-order valence-electron chi connectivity index (χ4n) is 1.16. The van der Waals surface area contributed by atoms with Crippen molar-refractivity contribution in [1.29, 1.82) is 0 Å². The lowest BCUT2D eigenvalue weighted by molar-refractivity contribution is -0.223. The van der Waals surface area contributed by atoms with Gasteiger partial charge in [-0.05, 0) is 6.07 Å². The molecule has 0 saturated carbocycles. The van der Waals surface area contributed by atoms with E-state index >= 15 is 0 Å². The highest BCUT2D eigenvalue weighted by Gasteiger charge is 2.44. The van der Waals surface area contributed by atoms with Crippen molar-refractivity contribution in [3.63, 3.8) is 0 Å². The zero-order valence-electron chi connectivity index (χ0n) is 8.22. The van der Waals surface area contributed by atoms with Crippen LogP contribution in [0.3, 0.4) is 0 Å². The van der Waals surface area contributed by atoms with Gasteiger partial charge in [-0.25, -0.2) is 0 Å². The molecule has 0 radical (unpaired) electrons. The summed E-state index contributed by atoms with van der Waals surface area (Å²) in [6.45, 7) is 0.940. The summed E-state index contributed by atoms with van der Waals surface area (Å²) in [7, 11) is 0. The minimum absolute atomic E-state index is 0.120. The minimum atomic E-state index is -4.63. The summed E-state index contributed by atoms with van der Waals surface area (Å²) in [6.07, 6.45) is -6.87. The molecule has 0 spiro atoms. The van der Waals surface area contributed by atoms with E-state index in [-0.39, 0.29) is 10.0 Å². The highest BCUT2D eigenvalue weighted by molar-refractivity contribution is 9.10. The Morgan fingerprint density at radius 2 is 1.94 bits per heavy atom. The lowest BCUT2D eigenvalue weighted by Crippen LogP contribution is -2.25. The molecule has 2 nitrogen and oxygen atoms in total. The Bertz CT molecular complexity index is 390. The van der Waals surface area contributed by atoms with Crippen molar-refractivity contribution in [3.8, 4) is 0 Å². The second-order valence-corrected chi connectivity index (χ2v) is 3.91. The van der Waals surface area contributed by atoms with E-state index in [1.54, 1.807) is 6.07 Å². The number of ether oxygens (including phenoxy) is 1. The summed E-state index contributed by atoms with van der Waals surface area (Å²) in [6, 6.07) is 5.74. The largest absolute Gasteiger partial charge is 0.448 e. The van der Waals surface area contributed by atoms with Crippen LogP contribution in [0, 0.1) is 0 Å². The third-order valence-corrected chi connectivity index (χ3v) is 2.49. The van der Waals surface area contributed by atoms with Crippen molar-refractivity contribution in [2.24, 2.45) is 0 Å². The first-order valence-corrected chi connectivity index (χ1v) is 5.10. The highest BCUT2D eigenvalue weighted by atomic mass is 79.9. The quantitative estimate of drug-likeness (QED) is 0.779. The maximum absolute atomic E-state index is 12.6. The summed E-state index contributed by atoms with van der Waals surface area (Å²) in [5, 5.41) is 0. The first kappa shape index (κ1) is 13.0. The molecule has 0 aliphatic carbocycles. The monoisotopic (exact) mass is 296 g/mol. The topological polar surface area (TPSA) is 26.3 Å². The Morgan fingerprint density at radius 3 is 2.38 bits per heavy atom. The van der Waals surface area contributed by atoms with Gasteiger partial charge in [0.25, 0.3) is 0 Å². The first-order valence-electron chi connectivity index (χ1n) is 4.30. The molecule has 0 heterocycles. The molecule has 1 rings (SSSR count). The highest BCUT2D eigenvalue weighted by Crippen LogP contribution is 2.38. The van der Waals surface area contributed by atoms with Crippen LogP contribution in [0.2, 0.25) is 0 Å². The number of benzene rings is 1. The van der Waals surface area contributed by atoms with Crippen molar-refractivity contribution >= 4 is 21.9 Å². The minimum Gasteiger partial charge on any atom is -0.448 e. The standard InChI is InChI=1S/C10H8BrF3O2/c1-6(15)16-9(10(12,13)14)7-4-2-3-5-8(7)11/h2-5,9H,1H3/t9-/m0/s1. The molecule has 1 atom stereocenters. The van der Waals surface area contributed by atoms with E-state index in [0.717, 1.165) is 6.92 Å². The van der Waals surface area contributed by atoms with Crippen LogP contribution >= 0.6 is 15.9 Å². The number of carbonyl (C=O) groups is 1.